The molecule has 0 radical (unpaired) electrons. The van der Waals surface area contributed by atoms with Gasteiger partial charge >= 0.3 is 6.03 Å². The highest BCUT2D eigenvalue weighted by Gasteiger charge is 2.38. The molecule has 1 aromatic carbocycles. The normalized spacial score (nSPS) is 18.9. The van der Waals surface area contributed by atoms with E-state index in [-0.39, 0.29) is 12.5 Å². The topological polar surface area (TPSA) is 97.0 Å². The first kappa shape index (κ1) is 17.4. The molecule has 25 heavy (non-hydrogen) atoms. The Hall–Kier alpha value is -2.42. The highest BCUT2D eigenvalue weighted by atomic mass is 32.2. The molecular weight excluding hydrogens is 346 g/mol. The molecule has 2 aliphatic heterocycles. The van der Waals surface area contributed by atoms with Gasteiger partial charge < -0.3 is 20.1 Å². The van der Waals surface area contributed by atoms with Crippen LogP contribution in [0, 0.1) is 0 Å². The van der Waals surface area contributed by atoms with Crippen LogP contribution in [0.3, 0.4) is 0 Å². The zero-order valence-electron chi connectivity index (χ0n) is 13.7. The standard InChI is InChI=1S/C16H19N3O5S/c1-25-7-4-11-15(21)19(16(22)18-11)9-14(20)17-10-2-3-12-13(8-10)24-6-5-23-12/h2-3,8,11H,4-7,9H2,1H3,(H,17,20)(H,18,22). The van der Waals surface area contributed by atoms with Crippen LogP contribution in [0.4, 0.5) is 10.5 Å². The van der Waals surface area contributed by atoms with E-state index in [1.165, 1.54) is 0 Å². The van der Waals surface area contributed by atoms with Gasteiger partial charge in [-0.3, -0.25) is 14.5 Å². The predicted molar refractivity (Wildman–Crippen MR) is 93.1 cm³/mol. The van der Waals surface area contributed by atoms with Crippen LogP contribution in [-0.2, 0) is 9.59 Å². The Balaban J connectivity index is 1.59. The zero-order valence-corrected chi connectivity index (χ0v) is 14.6. The van der Waals surface area contributed by atoms with Gasteiger partial charge in [0.2, 0.25) is 5.91 Å². The van der Waals surface area contributed by atoms with Gasteiger partial charge in [-0.1, -0.05) is 0 Å². The summed E-state index contributed by atoms with van der Waals surface area (Å²) in [6.45, 7) is 0.613. The van der Waals surface area contributed by atoms with Crippen molar-refractivity contribution < 1.29 is 23.9 Å². The van der Waals surface area contributed by atoms with Gasteiger partial charge in [-0.05, 0) is 30.6 Å². The van der Waals surface area contributed by atoms with Crippen LogP contribution in [0.25, 0.3) is 0 Å². The molecule has 0 spiro atoms. The van der Waals surface area contributed by atoms with E-state index >= 15 is 0 Å². The summed E-state index contributed by atoms with van der Waals surface area (Å²) in [7, 11) is 0. The quantitative estimate of drug-likeness (QED) is 0.732. The van der Waals surface area contributed by atoms with Gasteiger partial charge in [0.05, 0.1) is 0 Å². The number of ether oxygens (including phenoxy) is 2. The number of nitrogens with zero attached hydrogens (tertiary/aromatic N) is 1. The Bertz CT molecular complexity index is 696. The van der Waals surface area contributed by atoms with E-state index in [2.05, 4.69) is 10.6 Å². The van der Waals surface area contributed by atoms with Crippen molar-refractivity contribution in [3.05, 3.63) is 18.2 Å². The smallest absolute Gasteiger partial charge is 0.325 e. The number of thioether (sulfide) groups is 1. The molecule has 1 atom stereocenters. The first-order valence-corrected chi connectivity index (χ1v) is 9.28. The van der Waals surface area contributed by atoms with Crippen LogP contribution in [0.15, 0.2) is 18.2 Å². The molecule has 0 saturated carbocycles. The molecule has 2 N–H and O–H groups in total. The Labute approximate surface area is 149 Å². The molecule has 1 unspecified atom stereocenters. The van der Waals surface area contributed by atoms with Gasteiger partial charge in [0, 0.05) is 11.8 Å². The Morgan fingerprint density at radius 3 is 2.84 bits per heavy atom. The van der Waals surface area contributed by atoms with Crippen LogP contribution in [-0.4, -0.2) is 60.6 Å². The molecule has 1 fully saturated rings. The van der Waals surface area contributed by atoms with Gasteiger partial charge in [-0.25, -0.2) is 4.79 Å². The summed E-state index contributed by atoms with van der Waals surface area (Å²) in [5.41, 5.74) is 0.514. The van der Waals surface area contributed by atoms with E-state index in [0.717, 1.165) is 10.7 Å². The number of hydrogen-bond donors (Lipinski definition) is 2. The number of fused-ring (bicyclic) bond motifs is 1. The molecule has 3 rings (SSSR count). The predicted octanol–water partition coefficient (Wildman–Crippen LogP) is 1.07. The molecule has 0 aromatic heterocycles. The van der Waals surface area contributed by atoms with Crippen molar-refractivity contribution in [1.82, 2.24) is 10.2 Å². The number of carbonyl (C=O) groups excluding carboxylic acids is 3. The van der Waals surface area contributed by atoms with Crippen molar-refractivity contribution in [1.29, 1.82) is 0 Å². The van der Waals surface area contributed by atoms with Gasteiger partial charge in [0.25, 0.3) is 5.91 Å². The summed E-state index contributed by atoms with van der Waals surface area (Å²) in [5.74, 6) is 1.11. The third-order valence-corrected chi connectivity index (χ3v) is 4.49. The van der Waals surface area contributed by atoms with Crippen molar-refractivity contribution >= 4 is 35.3 Å². The second kappa shape index (κ2) is 7.64. The van der Waals surface area contributed by atoms with E-state index in [0.29, 0.717) is 36.8 Å². The van der Waals surface area contributed by atoms with Crippen molar-refractivity contribution in [2.24, 2.45) is 0 Å². The third-order valence-electron chi connectivity index (χ3n) is 3.85. The van der Waals surface area contributed by atoms with Crippen molar-refractivity contribution in [3.63, 3.8) is 0 Å². The molecule has 4 amide bonds. The maximum absolute atomic E-state index is 12.2. The van der Waals surface area contributed by atoms with Crippen molar-refractivity contribution in [2.75, 3.05) is 37.1 Å². The van der Waals surface area contributed by atoms with Crippen LogP contribution in [0.1, 0.15) is 6.42 Å². The summed E-state index contributed by atoms with van der Waals surface area (Å²) >= 11 is 1.60. The molecule has 2 heterocycles. The van der Waals surface area contributed by atoms with Crippen molar-refractivity contribution in [3.8, 4) is 11.5 Å². The number of anilines is 1. The number of imide groups is 1. The second-order valence-corrected chi connectivity index (χ2v) is 6.60. The molecule has 9 heteroatoms. The molecule has 0 aliphatic carbocycles. The Morgan fingerprint density at radius 2 is 2.08 bits per heavy atom. The number of urea groups is 1. The largest absolute Gasteiger partial charge is 0.486 e. The van der Waals surface area contributed by atoms with E-state index in [1.807, 2.05) is 6.26 Å². The lowest BCUT2D eigenvalue weighted by molar-refractivity contribution is -0.130. The first-order valence-electron chi connectivity index (χ1n) is 7.89. The molecule has 2 aliphatic rings. The number of benzene rings is 1. The number of nitrogens with one attached hydrogen (secondary N) is 2. The summed E-state index contributed by atoms with van der Waals surface area (Å²) in [5, 5.41) is 5.27. The molecule has 1 saturated heterocycles. The minimum Gasteiger partial charge on any atom is -0.486 e. The lowest BCUT2D eigenvalue weighted by Gasteiger charge is -2.19. The lowest BCUT2D eigenvalue weighted by atomic mass is 10.2. The Kier molecular flexibility index (Phi) is 5.32. The molecule has 8 nitrogen and oxygen atoms in total. The highest BCUT2D eigenvalue weighted by molar-refractivity contribution is 7.98. The average Bonchev–Trinajstić information content (AvgIpc) is 2.87. The van der Waals surface area contributed by atoms with E-state index < -0.39 is 18.0 Å². The monoisotopic (exact) mass is 365 g/mol. The Morgan fingerprint density at radius 1 is 1.32 bits per heavy atom. The van der Waals surface area contributed by atoms with Crippen LogP contribution >= 0.6 is 11.8 Å². The number of carbonyl (C=O) groups is 3. The molecule has 134 valence electrons. The fourth-order valence-electron chi connectivity index (χ4n) is 2.62. The second-order valence-electron chi connectivity index (χ2n) is 5.61. The average molecular weight is 365 g/mol. The highest BCUT2D eigenvalue weighted by Crippen LogP contribution is 2.32. The SMILES string of the molecule is CSCCC1NC(=O)N(CC(=O)Nc2ccc3c(c2)OCCO3)C1=O. The maximum Gasteiger partial charge on any atom is 0.325 e. The van der Waals surface area contributed by atoms with Crippen molar-refractivity contribution in [2.45, 2.75) is 12.5 Å². The summed E-state index contributed by atoms with van der Waals surface area (Å²) in [6, 6.07) is 3.95. The van der Waals surface area contributed by atoms with Crippen LogP contribution in [0.2, 0.25) is 0 Å². The number of rotatable bonds is 6. The summed E-state index contributed by atoms with van der Waals surface area (Å²) < 4.78 is 10.9. The van der Waals surface area contributed by atoms with Crippen LogP contribution in [0.5, 0.6) is 11.5 Å². The van der Waals surface area contributed by atoms with Gasteiger partial charge in [-0.2, -0.15) is 11.8 Å². The van der Waals surface area contributed by atoms with Gasteiger partial charge in [-0.15, -0.1) is 0 Å². The molecule has 1 aromatic rings. The molecule has 0 bridgehead atoms. The van der Waals surface area contributed by atoms with E-state index in [1.54, 1.807) is 30.0 Å². The maximum atomic E-state index is 12.2. The number of hydrogen-bond acceptors (Lipinski definition) is 6. The molecular formula is C16H19N3O5S. The summed E-state index contributed by atoms with van der Waals surface area (Å²) in [4.78, 5) is 37.3. The fourth-order valence-corrected chi connectivity index (χ4v) is 3.09. The summed E-state index contributed by atoms with van der Waals surface area (Å²) in [6.07, 6.45) is 2.48. The zero-order chi connectivity index (χ0) is 17.8. The third kappa shape index (κ3) is 3.98. The van der Waals surface area contributed by atoms with E-state index in [4.69, 9.17) is 9.47 Å². The van der Waals surface area contributed by atoms with Gasteiger partial charge in [0.15, 0.2) is 11.5 Å². The minimum atomic E-state index is -0.554. The van der Waals surface area contributed by atoms with Gasteiger partial charge in [0.1, 0.15) is 25.8 Å². The fraction of sp³-hybridized carbons (Fsp3) is 0.438. The first-order chi connectivity index (χ1) is 12.1. The van der Waals surface area contributed by atoms with Crippen LogP contribution < -0.4 is 20.1 Å². The minimum absolute atomic E-state index is 0.325. The number of amides is 4. The lowest BCUT2D eigenvalue weighted by Crippen LogP contribution is -2.38. The van der Waals surface area contributed by atoms with E-state index in [9.17, 15) is 14.4 Å².